The van der Waals surface area contributed by atoms with Crippen molar-refractivity contribution in [2.45, 2.75) is 27.4 Å². The number of carboxylic acid groups (broad SMARTS) is 1. The van der Waals surface area contributed by atoms with Crippen LogP contribution in [0.5, 0.6) is 11.5 Å². The van der Waals surface area contributed by atoms with Crippen LogP contribution in [0.2, 0.25) is 0 Å². The number of phenols is 1. The van der Waals surface area contributed by atoms with Crippen molar-refractivity contribution in [3.05, 3.63) is 33.9 Å². The van der Waals surface area contributed by atoms with E-state index in [1.807, 2.05) is 0 Å². The first-order chi connectivity index (χ1) is 9.84. The fourth-order valence-corrected chi connectivity index (χ4v) is 2.21. The Bertz CT molecular complexity index is 657. The lowest BCUT2D eigenvalue weighted by atomic mass is 9.98. The van der Waals surface area contributed by atoms with E-state index in [0.29, 0.717) is 22.4 Å². The van der Waals surface area contributed by atoms with E-state index in [9.17, 15) is 14.7 Å². The van der Waals surface area contributed by atoms with Crippen molar-refractivity contribution in [3.8, 4) is 11.5 Å². The van der Waals surface area contributed by atoms with Crippen LogP contribution in [0.1, 0.15) is 34.0 Å². The van der Waals surface area contributed by atoms with Gasteiger partial charge in [-0.3, -0.25) is 0 Å². The van der Waals surface area contributed by atoms with Crippen molar-refractivity contribution in [2.24, 2.45) is 0 Å². The number of carbonyl (C=O) groups is 2. The molecule has 1 aliphatic rings. The molecule has 0 spiro atoms. The zero-order valence-electron chi connectivity index (χ0n) is 12.0. The molecule has 0 atom stereocenters. The third kappa shape index (κ3) is 2.56. The first kappa shape index (κ1) is 14.9. The van der Waals surface area contributed by atoms with Gasteiger partial charge in [-0.25, -0.2) is 9.59 Å². The zero-order chi connectivity index (χ0) is 15.7. The Balaban J connectivity index is 2.34. The molecule has 0 amide bonds. The van der Waals surface area contributed by atoms with Crippen LogP contribution in [0.15, 0.2) is 11.6 Å². The molecule has 0 aliphatic carbocycles. The number of benzene rings is 1. The predicted octanol–water partition coefficient (Wildman–Crippen LogP) is 2.09. The van der Waals surface area contributed by atoms with E-state index in [1.165, 1.54) is 13.0 Å². The van der Waals surface area contributed by atoms with Gasteiger partial charge in [0.1, 0.15) is 30.3 Å². The Labute approximate surface area is 121 Å². The summed E-state index contributed by atoms with van der Waals surface area (Å²) < 4.78 is 10.5. The Morgan fingerprint density at radius 2 is 2.05 bits per heavy atom. The summed E-state index contributed by atoms with van der Waals surface area (Å²) in [5, 5.41) is 18.9. The van der Waals surface area contributed by atoms with Crippen LogP contribution in [0.3, 0.4) is 0 Å². The topological polar surface area (TPSA) is 93.1 Å². The minimum Gasteiger partial charge on any atom is -0.507 e. The van der Waals surface area contributed by atoms with E-state index in [1.54, 1.807) is 13.8 Å². The van der Waals surface area contributed by atoms with Gasteiger partial charge in [-0.1, -0.05) is 0 Å². The van der Waals surface area contributed by atoms with Crippen LogP contribution < -0.4 is 4.74 Å². The average molecular weight is 292 g/mol. The highest BCUT2D eigenvalue weighted by atomic mass is 16.5. The fraction of sp³-hybridized carbons (Fsp3) is 0.333. The summed E-state index contributed by atoms with van der Waals surface area (Å²) in [4.78, 5) is 22.3. The molecule has 0 aromatic heterocycles. The number of esters is 1. The molecule has 1 aromatic carbocycles. The lowest BCUT2D eigenvalue weighted by Gasteiger charge is -2.15. The average Bonchev–Trinajstić information content (AvgIpc) is 2.82. The van der Waals surface area contributed by atoms with Crippen molar-refractivity contribution in [1.82, 2.24) is 0 Å². The summed E-state index contributed by atoms with van der Waals surface area (Å²) in [6.45, 7) is 5.05. The molecule has 1 aliphatic heterocycles. The quantitative estimate of drug-likeness (QED) is 0.652. The van der Waals surface area contributed by atoms with Crippen LogP contribution in [0.25, 0.3) is 0 Å². The molecule has 0 saturated heterocycles. The van der Waals surface area contributed by atoms with Crippen molar-refractivity contribution in [1.29, 1.82) is 0 Å². The Kier molecular flexibility index (Phi) is 3.88. The van der Waals surface area contributed by atoms with Gasteiger partial charge in [0.15, 0.2) is 0 Å². The van der Waals surface area contributed by atoms with E-state index in [0.717, 1.165) is 0 Å². The Hall–Kier alpha value is -2.50. The van der Waals surface area contributed by atoms with Gasteiger partial charge in [0, 0.05) is 16.7 Å². The first-order valence-corrected chi connectivity index (χ1v) is 6.39. The maximum atomic E-state index is 11.6. The van der Waals surface area contributed by atoms with Crippen LogP contribution in [0.4, 0.5) is 0 Å². The Morgan fingerprint density at radius 3 is 2.67 bits per heavy atom. The highest BCUT2D eigenvalue weighted by Gasteiger charge is 2.31. The number of ether oxygens (including phenoxy) is 2. The lowest BCUT2D eigenvalue weighted by Crippen LogP contribution is -2.05. The smallest absolute Gasteiger partial charge is 0.342 e. The molecule has 1 heterocycles. The summed E-state index contributed by atoms with van der Waals surface area (Å²) in [6.07, 6.45) is 1.44. The number of hydrogen-bond donors (Lipinski definition) is 2. The number of cyclic esters (lactones) is 1. The van der Waals surface area contributed by atoms with Gasteiger partial charge in [-0.05, 0) is 32.4 Å². The SMILES string of the molecule is C/C(=C\COc1c(C)c(O)c2c(c1C)COC2=O)C(=O)O. The summed E-state index contributed by atoms with van der Waals surface area (Å²) in [6, 6.07) is 0. The number of aliphatic carboxylic acids is 1. The van der Waals surface area contributed by atoms with Gasteiger partial charge in [0.2, 0.25) is 0 Å². The number of carboxylic acids is 1. The normalized spacial score (nSPS) is 13.9. The second kappa shape index (κ2) is 5.47. The van der Waals surface area contributed by atoms with Crippen LogP contribution in [0, 0.1) is 13.8 Å². The minimum atomic E-state index is -1.01. The number of aromatic hydroxyl groups is 1. The molecule has 6 nitrogen and oxygen atoms in total. The summed E-state index contributed by atoms with van der Waals surface area (Å²) >= 11 is 0. The highest BCUT2D eigenvalue weighted by Crippen LogP contribution is 2.40. The molecular weight excluding hydrogens is 276 g/mol. The molecule has 6 heteroatoms. The van der Waals surface area contributed by atoms with Crippen molar-refractivity contribution in [2.75, 3.05) is 6.61 Å². The molecule has 0 fully saturated rings. The van der Waals surface area contributed by atoms with E-state index in [2.05, 4.69) is 0 Å². The fourth-order valence-electron chi connectivity index (χ4n) is 2.21. The maximum Gasteiger partial charge on any atom is 0.342 e. The molecule has 0 bridgehead atoms. The second-order valence-electron chi connectivity index (χ2n) is 4.86. The van der Waals surface area contributed by atoms with Gasteiger partial charge in [0.05, 0.1) is 0 Å². The molecule has 0 saturated carbocycles. The van der Waals surface area contributed by atoms with E-state index < -0.39 is 11.9 Å². The largest absolute Gasteiger partial charge is 0.507 e. The molecule has 2 rings (SSSR count). The maximum absolute atomic E-state index is 11.6. The summed E-state index contributed by atoms with van der Waals surface area (Å²) in [5.74, 6) is -1.25. The Morgan fingerprint density at radius 1 is 1.38 bits per heavy atom. The second-order valence-corrected chi connectivity index (χ2v) is 4.86. The summed E-state index contributed by atoms with van der Waals surface area (Å²) in [5.41, 5.74) is 2.12. The van der Waals surface area contributed by atoms with Crippen molar-refractivity contribution < 1.29 is 29.3 Å². The number of phenolic OH excluding ortho intramolecular Hbond substituents is 1. The van der Waals surface area contributed by atoms with Crippen LogP contribution >= 0.6 is 0 Å². The predicted molar refractivity (Wildman–Crippen MR) is 73.6 cm³/mol. The van der Waals surface area contributed by atoms with Gasteiger partial charge in [-0.2, -0.15) is 0 Å². The van der Waals surface area contributed by atoms with Crippen LogP contribution in [-0.2, 0) is 16.1 Å². The van der Waals surface area contributed by atoms with Gasteiger partial charge in [-0.15, -0.1) is 0 Å². The third-order valence-electron chi connectivity index (χ3n) is 3.53. The molecule has 112 valence electrons. The number of rotatable bonds is 4. The first-order valence-electron chi connectivity index (χ1n) is 6.39. The van der Waals surface area contributed by atoms with Crippen LogP contribution in [-0.4, -0.2) is 28.8 Å². The highest BCUT2D eigenvalue weighted by molar-refractivity contribution is 5.97. The van der Waals surface area contributed by atoms with Crippen molar-refractivity contribution >= 4 is 11.9 Å². The van der Waals surface area contributed by atoms with Gasteiger partial charge >= 0.3 is 11.9 Å². The molecule has 1 aromatic rings. The van der Waals surface area contributed by atoms with Gasteiger partial charge in [0.25, 0.3) is 0 Å². The lowest BCUT2D eigenvalue weighted by molar-refractivity contribution is -0.132. The molecular formula is C15H16O6. The van der Waals surface area contributed by atoms with E-state index in [-0.39, 0.29) is 30.1 Å². The molecule has 0 unspecified atom stereocenters. The number of fused-ring (bicyclic) bond motifs is 1. The molecule has 21 heavy (non-hydrogen) atoms. The number of hydrogen-bond acceptors (Lipinski definition) is 5. The summed E-state index contributed by atoms with van der Waals surface area (Å²) in [7, 11) is 0. The van der Waals surface area contributed by atoms with Crippen molar-refractivity contribution in [3.63, 3.8) is 0 Å². The van der Waals surface area contributed by atoms with Gasteiger partial charge < -0.3 is 19.7 Å². The number of carbonyl (C=O) groups excluding carboxylic acids is 1. The molecule has 2 N–H and O–H groups in total. The zero-order valence-corrected chi connectivity index (χ0v) is 12.0. The monoisotopic (exact) mass is 292 g/mol. The standard InChI is InChI=1S/C15H16O6/c1-7(14(17)18)4-5-20-13-8(2)10-6-21-15(19)11(10)12(16)9(13)3/h4,16H,5-6H2,1-3H3,(H,17,18)/b7-4+. The minimum absolute atomic E-state index is 0.0623. The third-order valence-corrected chi connectivity index (χ3v) is 3.53. The van der Waals surface area contributed by atoms with E-state index >= 15 is 0 Å². The van der Waals surface area contributed by atoms with E-state index in [4.69, 9.17) is 14.6 Å². The molecule has 0 radical (unpaired) electrons.